The number of sulfonamides is 1. The first-order valence-electron chi connectivity index (χ1n) is 6.03. The molecule has 0 aliphatic heterocycles. The van der Waals surface area contributed by atoms with Crippen LogP contribution in [0.4, 0.5) is 0 Å². The maximum absolute atomic E-state index is 12.0. The molecule has 1 aromatic rings. The van der Waals surface area contributed by atoms with Gasteiger partial charge < -0.3 is 9.67 Å². The van der Waals surface area contributed by atoms with Crippen molar-refractivity contribution in [2.24, 2.45) is 5.92 Å². The summed E-state index contributed by atoms with van der Waals surface area (Å²) in [7, 11) is -3.90. The Labute approximate surface area is 112 Å². The number of carboxylic acids is 1. The Balaban J connectivity index is 2.90. The lowest BCUT2D eigenvalue weighted by Crippen LogP contribution is -2.41. The predicted octanol–water partition coefficient (Wildman–Crippen LogP) is 0.681. The predicted molar refractivity (Wildman–Crippen MR) is 69.1 cm³/mol. The van der Waals surface area contributed by atoms with Crippen LogP contribution in [-0.2, 0) is 21.4 Å². The Bertz CT molecular complexity index is 536. The third kappa shape index (κ3) is 4.32. The summed E-state index contributed by atoms with van der Waals surface area (Å²) >= 11 is 0. The van der Waals surface area contributed by atoms with Gasteiger partial charge in [0.1, 0.15) is 6.04 Å². The maximum atomic E-state index is 12.0. The molecule has 0 fully saturated rings. The zero-order valence-electron chi connectivity index (χ0n) is 11.2. The van der Waals surface area contributed by atoms with Crippen LogP contribution in [0.1, 0.15) is 27.2 Å². The van der Waals surface area contributed by atoms with Crippen LogP contribution in [0, 0.1) is 5.92 Å². The number of imidazole rings is 1. The number of aliphatic carboxylic acids is 1. The normalized spacial score (nSPS) is 13.7. The number of rotatable bonds is 7. The van der Waals surface area contributed by atoms with Crippen molar-refractivity contribution in [2.75, 3.05) is 0 Å². The Hall–Kier alpha value is -1.41. The highest BCUT2D eigenvalue weighted by molar-refractivity contribution is 7.89. The van der Waals surface area contributed by atoms with E-state index in [1.165, 1.54) is 12.5 Å². The number of hydrogen-bond acceptors (Lipinski definition) is 4. The van der Waals surface area contributed by atoms with Gasteiger partial charge in [0.15, 0.2) is 5.03 Å². The number of nitrogens with one attached hydrogen (secondary N) is 1. The van der Waals surface area contributed by atoms with E-state index >= 15 is 0 Å². The van der Waals surface area contributed by atoms with Crippen LogP contribution in [0.3, 0.4) is 0 Å². The Morgan fingerprint density at radius 2 is 2.16 bits per heavy atom. The molecule has 0 saturated carbocycles. The quantitative estimate of drug-likeness (QED) is 0.768. The molecule has 0 saturated heterocycles. The van der Waals surface area contributed by atoms with Gasteiger partial charge in [0.05, 0.1) is 6.33 Å². The minimum Gasteiger partial charge on any atom is -0.480 e. The van der Waals surface area contributed by atoms with Crippen molar-refractivity contribution in [3.05, 3.63) is 12.5 Å². The number of nitrogens with zero attached hydrogens (tertiary/aromatic N) is 2. The smallest absolute Gasteiger partial charge is 0.321 e. The average molecular weight is 289 g/mol. The third-order valence-electron chi connectivity index (χ3n) is 2.55. The molecule has 0 spiro atoms. The van der Waals surface area contributed by atoms with Crippen LogP contribution < -0.4 is 4.72 Å². The number of aryl methyl sites for hydroxylation is 1. The summed E-state index contributed by atoms with van der Waals surface area (Å²) in [6.07, 6.45) is 2.99. The van der Waals surface area contributed by atoms with Crippen LogP contribution >= 0.6 is 0 Å². The fraction of sp³-hybridized carbons (Fsp3) is 0.636. The SMILES string of the molecule is CCn1cnc(S(=O)(=O)NC(CC(C)C)C(=O)O)c1. The molecule has 2 N–H and O–H groups in total. The van der Waals surface area contributed by atoms with Crippen molar-refractivity contribution in [3.63, 3.8) is 0 Å². The molecule has 19 heavy (non-hydrogen) atoms. The monoisotopic (exact) mass is 289 g/mol. The Kier molecular flexibility index (Phi) is 5.07. The van der Waals surface area contributed by atoms with E-state index in [2.05, 4.69) is 9.71 Å². The third-order valence-corrected chi connectivity index (χ3v) is 3.91. The molecule has 1 rings (SSSR count). The molecule has 0 bridgehead atoms. The molecule has 1 unspecified atom stereocenters. The van der Waals surface area contributed by atoms with Gasteiger partial charge in [0, 0.05) is 12.7 Å². The van der Waals surface area contributed by atoms with Crippen molar-refractivity contribution in [1.82, 2.24) is 14.3 Å². The largest absolute Gasteiger partial charge is 0.480 e. The standard InChI is InChI=1S/C11H19N3O4S/c1-4-14-6-10(12-7-14)19(17,18)13-9(11(15)16)5-8(2)3/h6-9,13H,4-5H2,1-3H3,(H,15,16). The van der Waals surface area contributed by atoms with Gasteiger partial charge in [-0.3, -0.25) is 4.79 Å². The van der Waals surface area contributed by atoms with Crippen LogP contribution in [0.2, 0.25) is 0 Å². The van der Waals surface area contributed by atoms with E-state index in [-0.39, 0.29) is 17.4 Å². The highest BCUT2D eigenvalue weighted by Crippen LogP contribution is 2.10. The van der Waals surface area contributed by atoms with Crippen molar-refractivity contribution in [1.29, 1.82) is 0 Å². The van der Waals surface area contributed by atoms with E-state index in [4.69, 9.17) is 5.11 Å². The van der Waals surface area contributed by atoms with Crippen LogP contribution in [0.25, 0.3) is 0 Å². The van der Waals surface area contributed by atoms with Gasteiger partial charge in [-0.25, -0.2) is 13.4 Å². The Morgan fingerprint density at radius 1 is 1.53 bits per heavy atom. The molecule has 0 aliphatic rings. The van der Waals surface area contributed by atoms with E-state index in [0.29, 0.717) is 6.54 Å². The second-order valence-electron chi connectivity index (χ2n) is 4.68. The number of hydrogen-bond donors (Lipinski definition) is 2. The van der Waals surface area contributed by atoms with Gasteiger partial charge in [0.25, 0.3) is 10.0 Å². The molecular weight excluding hydrogens is 270 g/mol. The van der Waals surface area contributed by atoms with E-state index in [0.717, 1.165) is 0 Å². The van der Waals surface area contributed by atoms with Gasteiger partial charge in [0.2, 0.25) is 0 Å². The van der Waals surface area contributed by atoms with Gasteiger partial charge in [-0.15, -0.1) is 0 Å². The second kappa shape index (κ2) is 6.16. The zero-order chi connectivity index (χ0) is 14.6. The number of carboxylic acid groups (broad SMARTS) is 1. The van der Waals surface area contributed by atoms with E-state index < -0.39 is 22.0 Å². The first-order valence-corrected chi connectivity index (χ1v) is 7.51. The van der Waals surface area contributed by atoms with E-state index in [9.17, 15) is 13.2 Å². The average Bonchev–Trinajstić information content (AvgIpc) is 2.76. The minimum absolute atomic E-state index is 0.0667. The number of carbonyl (C=O) groups is 1. The first kappa shape index (κ1) is 15.6. The van der Waals surface area contributed by atoms with Crippen LogP contribution in [0.15, 0.2) is 17.6 Å². The van der Waals surface area contributed by atoms with Crippen LogP contribution in [-0.4, -0.2) is 35.1 Å². The molecule has 8 heteroatoms. The summed E-state index contributed by atoms with van der Waals surface area (Å²) in [5.41, 5.74) is 0. The van der Waals surface area contributed by atoms with Crippen LogP contribution in [0.5, 0.6) is 0 Å². The summed E-state index contributed by atoms with van der Waals surface area (Å²) in [6.45, 7) is 6.10. The fourth-order valence-electron chi connectivity index (χ4n) is 1.57. The fourth-order valence-corrected chi connectivity index (χ4v) is 2.72. The van der Waals surface area contributed by atoms with Gasteiger partial charge in [-0.1, -0.05) is 13.8 Å². The van der Waals surface area contributed by atoms with E-state index in [1.54, 1.807) is 4.57 Å². The second-order valence-corrected chi connectivity index (χ2v) is 6.34. The van der Waals surface area contributed by atoms with Gasteiger partial charge in [-0.05, 0) is 19.3 Å². The molecule has 108 valence electrons. The minimum atomic E-state index is -3.90. The summed E-state index contributed by atoms with van der Waals surface area (Å²) in [5, 5.41) is 8.87. The highest BCUT2D eigenvalue weighted by Gasteiger charge is 2.27. The van der Waals surface area contributed by atoms with E-state index in [1.807, 2.05) is 20.8 Å². The molecule has 0 aliphatic carbocycles. The van der Waals surface area contributed by atoms with Crippen molar-refractivity contribution >= 4 is 16.0 Å². The highest BCUT2D eigenvalue weighted by atomic mass is 32.2. The van der Waals surface area contributed by atoms with Gasteiger partial charge >= 0.3 is 5.97 Å². The lowest BCUT2D eigenvalue weighted by Gasteiger charge is -2.15. The molecule has 1 aromatic heterocycles. The molecular formula is C11H19N3O4S. The summed E-state index contributed by atoms with van der Waals surface area (Å²) in [6, 6.07) is -1.14. The number of aromatic nitrogens is 2. The van der Waals surface area contributed by atoms with Crippen molar-refractivity contribution < 1.29 is 18.3 Å². The molecule has 0 amide bonds. The lowest BCUT2D eigenvalue weighted by molar-refractivity contribution is -0.139. The van der Waals surface area contributed by atoms with Crippen molar-refractivity contribution in [2.45, 2.75) is 44.8 Å². The molecule has 7 nitrogen and oxygen atoms in total. The van der Waals surface area contributed by atoms with Gasteiger partial charge in [-0.2, -0.15) is 4.72 Å². The molecule has 0 radical (unpaired) electrons. The summed E-state index contributed by atoms with van der Waals surface area (Å²) < 4.78 is 27.8. The van der Waals surface area contributed by atoms with Crippen molar-refractivity contribution in [3.8, 4) is 0 Å². The summed E-state index contributed by atoms with van der Waals surface area (Å²) in [5.74, 6) is -1.12. The summed E-state index contributed by atoms with van der Waals surface area (Å²) in [4.78, 5) is 14.8. The first-order chi connectivity index (χ1) is 8.76. The lowest BCUT2D eigenvalue weighted by atomic mass is 10.1. The topological polar surface area (TPSA) is 101 Å². The molecule has 0 aromatic carbocycles. The Morgan fingerprint density at radius 3 is 2.58 bits per heavy atom. The molecule has 1 heterocycles. The zero-order valence-corrected chi connectivity index (χ0v) is 12.0. The maximum Gasteiger partial charge on any atom is 0.321 e. The molecule has 1 atom stereocenters.